The first-order chi connectivity index (χ1) is 17.4. The van der Waals surface area contributed by atoms with E-state index in [1.807, 2.05) is 0 Å². The van der Waals surface area contributed by atoms with Gasteiger partial charge in [0, 0.05) is 18.7 Å². The maximum Gasteiger partial charge on any atom is 0.401 e. The van der Waals surface area contributed by atoms with E-state index in [0.29, 0.717) is 12.8 Å². The fraction of sp³-hybridized carbons (Fsp3) is 0.409. The molecule has 3 aromatic heterocycles. The summed E-state index contributed by atoms with van der Waals surface area (Å²) in [6, 6.07) is 1.44. The number of pyridine rings is 1. The molecule has 2 N–H and O–H groups in total. The first kappa shape index (κ1) is 25.3. The maximum atomic E-state index is 14.3. The van der Waals surface area contributed by atoms with E-state index in [2.05, 4.69) is 20.4 Å². The molecule has 1 fully saturated rings. The van der Waals surface area contributed by atoms with E-state index in [0.717, 1.165) is 41.4 Å². The van der Waals surface area contributed by atoms with Gasteiger partial charge in [-0.2, -0.15) is 23.3 Å². The predicted octanol–water partition coefficient (Wildman–Crippen LogP) is 5.32. The molecule has 0 aromatic carbocycles. The number of ether oxygens (including phenoxy) is 1. The van der Waals surface area contributed by atoms with Crippen LogP contribution in [0.3, 0.4) is 0 Å². The van der Waals surface area contributed by atoms with E-state index in [1.165, 1.54) is 6.07 Å². The number of hydrogen-bond acceptors (Lipinski definition) is 6. The summed E-state index contributed by atoms with van der Waals surface area (Å²) >= 11 is 12.1. The minimum atomic E-state index is -4.75. The van der Waals surface area contributed by atoms with Crippen LogP contribution in [0.15, 0.2) is 18.3 Å². The normalized spacial score (nSPS) is 19.9. The van der Waals surface area contributed by atoms with Gasteiger partial charge in [0.2, 0.25) is 5.88 Å². The molecule has 0 radical (unpaired) electrons. The summed E-state index contributed by atoms with van der Waals surface area (Å²) in [7, 11) is 0. The number of fused-ring (bicyclic) bond motifs is 3. The molecule has 0 saturated heterocycles. The smallest absolute Gasteiger partial charge is 0.401 e. The molecule has 0 bridgehead atoms. The highest BCUT2D eigenvalue weighted by Gasteiger charge is 2.60. The molecule has 2 amide bonds. The van der Waals surface area contributed by atoms with Crippen LogP contribution in [0, 0.1) is 0 Å². The minimum Gasteiger partial charge on any atom is -0.477 e. The van der Waals surface area contributed by atoms with E-state index >= 15 is 0 Å². The van der Waals surface area contributed by atoms with Crippen molar-refractivity contribution < 1.29 is 32.6 Å². The standard InChI is InChI=1S/C22H19Cl2F3N6O4/c1-21(22(25,26)27)9-32(12-8-28-15-7-13(24)31-33(15)17(12)21)20(36)30-14-6-11(23)16(19(34)35)18(29-14)37-10-4-2-3-5-10/h6-8,10H,2-5,9H2,1H3,(H,34,35)(H,29,30,36)/t21-/m1/s1. The number of urea groups is 1. The Morgan fingerprint density at radius 3 is 2.59 bits per heavy atom. The van der Waals surface area contributed by atoms with Gasteiger partial charge in [0.1, 0.15) is 22.9 Å². The zero-order chi connectivity index (χ0) is 26.7. The molecule has 2 aliphatic rings. The zero-order valence-electron chi connectivity index (χ0n) is 19.1. The number of carbonyl (C=O) groups excluding carboxylic acids is 1. The number of nitrogens with one attached hydrogen (secondary N) is 1. The molecule has 0 unspecified atom stereocenters. The van der Waals surface area contributed by atoms with Gasteiger partial charge in [-0.15, -0.1) is 0 Å². The van der Waals surface area contributed by atoms with Crippen molar-refractivity contribution in [3.8, 4) is 5.88 Å². The Morgan fingerprint density at radius 2 is 1.95 bits per heavy atom. The molecule has 1 saturated carbocycles. The third-order valence-corrected chi connectivity index (χ3v) is 7.04. The molecule has 196 valence electrons. The van der Waals surface area contributed by atoms with Crippen LogP contribution in [-0.4, -0.2) is 55.5 Å². The van der Waals surface area contributed by atoms with Gasteiger partial charge in [0.05, 0.1) is 22.6 Å². The maximum absolute atomic E-state index is 14.3. The number of aromatic carboxylic acids is 1. The van der Waals surface area contributed by atoms with E-state index in [4.69, 9.17) is 27.9 Å². The van der Waals surface area contributed by atoms with Crippen LogP contribution in [0.2, 0.25) is 10.2 Å². The van der Waals surface area contributed by atoms with Crippen LogP contribution in [0.5, 0.6) is 5.88 Å². The highest BCUT2D eigenvalue weighted by Crippen LogP contribution is 2.50. The summed E-state index contributed by atoms with van der Waals surface area (Å²) in [4.78, 5) is 34.0. The lowest BCUT2D eigenvalue weighted by Crippen LogP contribution is -2.46. The van der Waals surface area contributed by atoms with Gasteiger partial charge in [0.15, 0.2) is 10.8 Å². The summed E-state index contributed by atoms with van der Waals surface area (Å²) in [6.07, 6.45) is -0.653. The van der Waals surface area contributed by atoms with Gasteiger partial charge in [-0.1, -0.05) is 23.2 Å². The van der Waals surface area contributed by atoms with E-state index in [1.54, 1.807) is 0 Å². The van der Waals surface area contributed by atoms with Crippen molar-refractivity contribution in [2.24, 2.45) is 0 Å². The monoisotopic (exact) mass is 558 g/mol. The molecule has 5 rings (SSSR count). The third kappa shape index (κ3) is 4.29. The molecule has 15 heteroatoms. The quantitative estimate of drug-likeness (QED) is 0.444. The lowest BCUT2D eigenvalue weighted by molar-refractivity contribution is -0.181. The average molecular weight is 559 g/mol. The van der Waals surface area contributed by atoms with Crippen molar-refractivity contribution >= 4 is 52.4 Å². The van der Waals surface area contributed by atoms with E-state index < -0.39 is 30.1 Å². The van der Waals surface area contributed by atoms with E-state index in [-0.39, 0.29) is 50.6 Å². The van der Waals surface area contributed by atoms with Crippen molar-refractivity contribution in [1.82, 2.24) is 19.6 Å². The number of amides is 2. The number of aromatic nitrogens is 4. The summed E-state index contributed by atoms with van der Waals surface area (Å²) in [5, 5.41) is 15.6. The highest BCUT2D eigenvalue weighted by molar-refractivity contribution is 6.34. The molecule has 1 aliphatic heterocycles. The number of anilines is 2. The van der Waals surface area contributed by atoms with Crippen LogP contribution in [-0.2, 0) is 5.41 Å². The van der Waals surface area contributed by atoms with Crippen molar-refractivity contribution in [3.63, 3.8) is 0 Å². The molecule has 1 atom stereocenters. The van der Waals surface area contributed by atoms with Gasteiger partial charge in [-0.25, -0.2) is 19.1 Å². The Kier molecular flexibility index (Phi) is 6.10. The van der Waals surface area contributed by atoms with Crippen LogP contribution >= 0.6 is 23.2 Å². The molecule has 1 aliphatic carbocycles. The number of carboxylic acid groups (broad SMARTS) is 1. The number of carboxylic acids is 1. The van der Waals surface area contributed by atoms with Gasteiger partial charge < -0.3 is 9.84 Å². The Labute approximate surface area is 217 Å². The van der Waals surface area contributed by atoms with Crippen molar-refractivity contribution in [2.75, 3.05) is 16.8 Å². The Hall–Kier alpha value is -3.32. The Balaban J connectivity index is 1.51. The molecule has 3 aromatic rings. The van der Waals surface area contributed by atoms with Crippen LogP contribution < -0.4 is 15.0 Å². The fourth-order valence-electron chi connectivity index (χ4n) is 4.67. The number of halogens is 5. The number of rotatable bonds is 4. The summed E-state index contributed by atoms with van der Waals surface area (Å²) in [6.45, 7) is 0.181. The predicted molar refractivity (Wildman–Crippen MR) is 127 cm³/mol. The first-order valence-corrected chi connectivity index (χ1v) is 11.9. The molecule has 37 heavy (non-hydrogen) atoms. The second-order valence-electron chi connectivity index (χ2n) is 9.07. The molecule has 4 heterocycles. The van der Waals surface area contributed by atoms with Gasteiger partial charge in [0.25, 0.3) is 0 Å². The topological polar surface area (TPSA) is 122 Å². The Bertz CT molecular complexity index is 1430. The molecular formula is C22H19Cl2F3N6O4. The minimum absolute atomic E-state index is 0.0551. The van der Waals surface area contributed by atoms with Crippen LogP contribution in [0.1, 0.15) is 48.7 Å². The van der Waals surface area contributed by atoms with Crippen LogP contribution in [0.4, 0.5) is 29.5 Å². The lowest BCUT2D eigenvalue weighted by Gasteiger charge is -2.28. The molecule has 0 spiro atoms. The lowest BCUT2D eigenvalue weighted by atomic mass is 9.88. The second-order valence-corrected chi connectivity index (χ2v) is 9.87. The SMILES string of the molecule is C[C@@]1(C(F)(F)F)CN(C(=O)Nc2cc(Cl)c(C(=O)O)c(OC3CCCC3)n2)c2cnc3cc(Cl)nn3c21. The Morgan fingerprint density at radius 1 is 1.24 bits per heavy atom. The highest BCUT2D eigenvalue weighted by atomic mass is 35.5. The van der Waals surface area contributed by atoms with Gasteiger partial charge >= 0.3 is 18.2 Å². The summed E-state index contributed by atoms with van der Waals surface area (Å²) < 4.78 is 49.6. The number of alkyl halides is 3. The number of hydrogen-bond donors (Lipinski definition) is 2. The average Bonchev–Trinajstić information content (AvgIpc) is 3.50. The second kappa shape index (κ2) is 8.91. The third-order valence-electron chi connectivity index (χ3n) is 6.56. The molecular weight excluding hydrogens is 540 g/mol. The largest absolute Gasteiger partial charge is 0.477 e. The van der Waals surface area contributed by atoms with E-state index in [9.17, 15) is 27.9 Å². The summed E-state index contributed by atoms with van der Waals surface area (Å²) in [5.41, 5.74) is -3.20. The first-order valence-electron chi connectivity index (χ1n) is 11.2. The fourth-order valence-corrected chi connectivity index (χ4v) is 5.11. The molecule has 10 nitrogen and oxygen atoms in total. The van der Waals surface area contributed by atoms with Crippen molar-refractivity contribution in [3.05, 3.63) is 39.8 Å². The zero-order valence-corrected chi connectivity index (χ0v) is 20.7. The van der Waals surface area contributed by atoms with Crippen molar-refractivity contribution in [1.29, 1.82) is 0 Å². The van der Waals surface area contributed by atoms with Crippen molar-refractivity contribution in [2.45, 2.75) is 50.3 Å². The number of nitrogens with zero attached hydrogens (tertiary/aromatic N) is 5. The van der Waals surface area contributed by atoms with Gasteiger partial charge in [-0.05, 0) is 32.6 Å². The number of carbonyl (C=O) groups is 2. The van der Waals surface area contributed by atoms with Gasteiger partial charge in [-0.3, -0.25) is 10.2 Å². The summed E-state index contributed by atoms with van der Waals surface area (Å²) in [5.74, 6) is -1.84. The van der Waals surface area contributed by atoms with Crippen LogP contribution in [0.25, 0.3) is 5.65 Å².